The smallest absolute Gasteiger partial charge is 0.256 e. The van der Waals surface area contributed by atoms with Gasteiger partial charge in [0.05, 0.1) is 24.5 Å². The lowest BCUT2D eigenvalue weighted by Gasteiger charge is -2.08. The van der Waals surface area contributed by atoms with Crippen LogP contribution in [0.25, 0.3) is 0 Å². The van der Waals surface area contributed by atoms with Crippen LogP contribution in [0.4, 0.5) is 5.69 Å². The monoisotopic (exact) mass is 288 g/mol. The number of nitrogens with zero attached hydrogens (tertiary/aromatic N) is 2. The number of H-pyrrole nitrogens is 1. The molecule has 0 spiro atoms. The summed E-state index contributed by atoms with van der Waals surface area (Å²) in [5, 5.41) is 6.91. The van der Waals surface area contributed by atoms with Crippen LogP contribution in [0.3, 0.4) is 0 Å². The molecule has 2 aromatic rings. The average Bonchev–Trinajstić information content (AvgIpc) is 3.11. The number of rotatable bonds is 4. The number of amides is 1. The molecule has 7 heteroatoms. The molecule has 0 saturated carbocycles. The fourth-order valence-corrected chi connectivity index (χ4v) is 2.31. The van der Waals surface area contributed by atoms with Crippen molar-refractivity contribution in [2.75, 3.05) is 11.9 Å². The second-order valence-corrected chi connectivity index (χ2v) is 4.98. The number of aromatic amines is 1. The highest BCUT2D eigenvalue weighted by atomic mass is 16.5. The summed E-state index contributed by atoms with van der Waals surface area (Å²) < 4.78 is 7.30. The zero-order valence-electron chi connectivity index (χ0n) is 11.4. The Morgan fingerprint density at radius 1 is 1.57 bits per heavy atom. The lowest BCUT2D eigenvalue weighted by atomic mass is 10.2. The van der Waals surface area contributed by atoms with Gasteiger partial charge in [-0.1, -0.05) is 0 Å². The molecule has 0 radical (unpaired) electrons. The largest absolute Gasteiger partial charge is 0.376 e. The molecule has 1 saturated heterocycles. The van der Waals surface area contributed by atoms with E-state index < -0.39 is 0 Å². The first-order valence-corrected chi connectivity index (χ1v) is 6.85. The molecule has 1 fully saturated rings. The molecule has 1 unspecified atom stereocenters. The Bertz CT molecular complexity index is 685. The summed E-state index contributed by atoms with van der Waals surface area (Å²) >= 11 is 0. The van der Waals surface area contributed by atoms with Gasteiger partial charge in [0.1, 0.15) is 0 Å². The predicted octanol–water partition coefficient (Wildman–Crippen LogP) is 1.00. The number of carbonyl (C=O) groups excluding carboxylic acids is 1. The van der Waals surface area contributed by atoms with E-state index in [4.69, 9.17) is 4.74 Å². The fourth-order valence-electron chi connectivity index (χ4n) is 2.31. The van der Waals surface area contributed by atoms with Crippen LogP contribution in [0.1, 0.15) is 23.2 Å². The third-order valence-corrected chi connectivity index (χ3v) is 3.34. The molecule has 1 amide bonds. The number of anilines is 1. The highest BCUT2D eigenvalue weighted by Crippen LogP contribution is 2.15. The van der Waals surface area contributed by atoms with Crippen molar-refractivity contribution in [3.8, 4) is 0 Å². The Kier molecular flexibility index (Phi) is 3.83. The standard InChI is InChI=1S/C14H16N4O3/c19-13-6-10(3-4-15-13)14(20)17-11-7-16-18(8-11)9-12-2-1-5-21-12/h3-4,6-8,12H,1-2,5,9H2,(H,15,19)(H,17,20). The number of ether oxygens (including phenoxy) is 1. The zero-order chi connectivity index (χ0) is 14.7. The molecule has 7 nitrogen and oxygen atoms in total. The van der Waals surface area contributed by atoms with E-state index in [0.29, 0.717) is 17.8 Å². The first-order chi connectivity index (χ1) is 10.2. The van der Waals surface area contributed by atoms with Crippen LogP contribution in [0, 0.1) is 0 Å². The van der Waals surface area contributed by atoms with Crippen molar-refractivity contribution < 1.29 is 9.53 Å². The highest BCUT2D eigenvalue weighted by molar-refractivity contribution is 6.03. The van der Waals surface area contributed by atoms with Gasteiger partial charge >= 0.3 is 0 Å². The van der Waals surface area contributed by atoms with Crippen molar-refractivity contribution in [2.24, 2.45) is 0 Å². The minimum Gasteiger partial charge on any atom is -0.376 e. The Labute approximate surface area is 120 Å². The van der Waals surface area contributed by atoms with Crippen molar-refractivity contribution in [3.05, 3.63) is 46.6 Å². The molecule has 0 aromatic carbocycles. The van der Waals surface area contributed by atoms with Crippen LogP contribution in [0.2, 0.25) is 0 Å². The molecule has 0 bridgehead atoms. The van der Waals surface area contributed by atoms with Crippen molar-refractivity contribution in [1.82, 2.24) is 14.8 Å². The predicted molar refractivity (Wildman–Crippen MR) is 76.2 cm³/mol. The van der Waals surface area contributed by atoms with Crippen molar-refractivity contribution in [3.63, 3.8) is 0 Å². The Morgan fingerprint density at radius 3 is 3.24 bits per heavy atom. The molecule has 2 N–H and O–H groups in total. The quantitative estimate of drug-likeness (QED) is 0.878. The van der Waals surface area contributed by atoms with Crippen LogP contribution < -0.4 is 10.9 Å². The maximum absolute atomic E-state index is 12.0. The average molecular weight is 288 g/mol. The van der Waals surface area contributed by atoms with Crippen molar-refractivity contribution >= 4 is 11.6 Å². The molecular weight excluding hydrogens is 272 g/mol. The summed E-state index contributed by atoms with van der Waals surface area (Å²) in [6, 6.07) is 2.81. The number of hydrogen-bond acceptors (Lipinski definition) is 4. The maximum atomic E-state index is 12.0. The summed E-state index contributed by atoms with van der Waals surface area (Å²) in [6.45, 7) is 1.49. The van der Waals surface area contributed by atoms with Gasteiger partial charge in [0.25, 0.3) is 5.91 Å². The fraction of sp³-hybridized carbons (Fsp3) is 0.357. The van der Waals surface area contributed by atoms with E-state index in [9.17, 15) is 9.59 Å². The third-order valence-electron chi connectivity index (χ3n) is 3.34. The Morgan fingerprint density at radius 2 is 2.48 bits per heavy atom. The van der Waals surface area contributed by atoms with Gasteiger partial charge in [0.15, 0.2) is 0 Å². The minimum absolute atomic E-state index is 0.195. The van der Waals surface area contributed by atoms with E-state index in [1.807, 2.05) is 0 Å². The van der Waals surface area contributed by atoms with Crippen molar-refractivity contribution in [1.29, 1.82) is 0 Å². The summed E-state index contributed by atoms with van der Waals surface area (Å²) in [5.41, 5.74) is 0.598. The van der Waals surface area contributed by atoms with Crippen LogP contribution in [0.5, 0.6) is 0 Å². The van der Waals surface area contributed by atoms with Gasteiger partial charge in [0.2, 0.25) is 5.56 Å². The number of hydrogen-bond donors (Lipinski definition) is 2. The van der Waals surface area contributed by atoms with Crippen LogP contribution in [0.15, 0.2) is 35.5 Å². The van der Waals surface area contributed by atoms with Gasteiger partial charge in [-0.05, 0) is 18.9 Å². The summed E-state index contributed by atoms with van der Waals surface area (Å²) in [7, 11) is 0. The molecule has 21 heavy (non-hydrogen) atoms. The van der Waals surface area contributed by atoms with Gasteiger partial charge in [-0.3, -0.25) is 14.3 Å². The Balaban J connectivity index is 1.63. The van der Waals surface area contributed by atoms with E-state index >= 15 is 0 Å². The second kappa shape index (κ2) is 5.92. The SMILES string of the molecule is O=C(Nc1cnn(CC2CCCO2)c1)c1cc[nH]c(=O)c1. The molecule has 3 heterocycles. The van der Waals surface area contributed by atoms with E-state index in [1.54, 1.807) is 23.1 Å². The maximum Gasteiger partial charge on any atom is 0.256 e. The molecule has 1 aliphatic rings. The second-order valence-electron chi connectivity index (χ2n) is 4.98. The van der Waals surface area contributed by atoms with Gasteiger partial charge in [-0.25, -0.2) is 0 Å². The van der Waals surface area contributed by atoms with Crippen LogP contribution in [-0.4, -0.2) is 33.4 Å². The van der Waals surface area contributed by atoms with Crippen LogP contribution in [-0.2, 0) is 11.3 Å². The number of pyridine rings is 1. The molecule has 3 rings (SSSR count). The van der Waals surface area contributed by atoms with Gasteiger partial charge in [-0.2, -0.15) is 5.10 Å². The molecule has 110 valence electrons. The van der Waals surface area contributed by atoms with Gasteiger partial charge in [-0.15, -0.1) is 0 Å². The van der Waals surface area contributed by atoms with E-state index in [-0.39, 0.29) is 17.6 Å². The lowest BCUT2D eigenvalue weighted by molar-refractivity contribution is 0.0940. The van der Waals surface area contributed by atoms with E-state index in [1.165, 1.54) is 12.3 Å². The molecular formula is C14H16N4O3. The van der Waals surface area contributed by atoms with Crippen molar-refractivity contribution in [2.45, 2.75) is 25.5 Å². The topological polar surface area (TPSA) is 89.0 Å². The number of nitrogens with one attached hydrogen (secondary N) is 2. The third kappa shape index (κ3) is 3.38. The summed E-state index contributed by atoms with van der Waals surface area (Å²) in [6.07, 6.45) is 7.10. The Hall–Kier alpha value is -2.41. The summed E-state index contributed by atoms with van der Waals surface area (Å²) in [4.78, 5) is 25.6. The van der Waals surface area contributed by atoms with E-state index in [2.05, 4.69) is 15.4 Å². The van der Waals surface area contributed by atoms with Crippen LogP contribution >= 0.6 is 0 Å². The number of aromatic nitrogens is 3. The highest BCUT2D eigenvalue weighted by Gasteiger charge is 2.16. The molecule has 2 aromatic heterocycles. The number of carbonyl (C=O) groups is 1. The summed E-state index contributed by atoms with van der Waals surface area (Å²) in [5.74, 6) is -0.335. The molecule has 0 aliphatic carbocycles. The van der Waals surface area contributed by atoms with Gasteiger partial charge < -0.3 is 15.0 Å². The molecule has 1 aliphatic heterocycles. The lowest BCUT2D eigenvalue weighted by Crippen LogP contribution is -2.16. The molecule has 1 atom stereocenters. The van der Waals surface area contributed by atoms with Gasteiger partial charge in [0, 0.05) is 30.6 Å². The normalized spacial score (nSPS) is 17.8. The van der Waals surface area contributed by atoms with E-state index in [0.717, 1.165) is 19.4 Å². The minimum atomic E-state index is -0.335. The first kappa shape index (κ1) is 13.6. The zero-order valence-corrected chi connectivity index (χ0v) is 11.4. The first-order valence-electron chi connectivity index (χ1n) is 6.85.